The molecule has 8 heteroatoms. The van der Waals surface area contributed by atoms with Gasteiger partial charge in [0.25, 0.3) is 11.8 Å². The van der Waals surface area contributed by atoms with Gasteiger partial charge in [-0.2, -0.15) is 10.1 Å². The van der Waals surface area contributed by atoms with E-state index in [1.54, 1.807) is 32.0 Å². The highest BCUT2D eigenvalue weighted by Gasteiger charge is 2.35. The summed E-state index contributed by atoms with van der Waals surface area (Å²) in [7, 11) is 0. The van der Waals surface area contributed by atoms with Gasteiger partial charge < -0.3 is 10.1 Å². The van der Waals surface area contributed by atoms with Crippen molar-refractivity contribution < 1.29 is 14.3 Å². The number of amidine groups is 1. The average Bonchev–Trinajstić information content (AvgIpc) is 2.76. The summed E-state index contributed by atoms with van der Waals surface area (Å²) in [5.41, 5.74) is 0.293. The van der Waals surface area contributed by atoms with Crippen LogP contribution < -0.4 is 10.3 Å². The summed E-state index contributed by atoms with van der Waals surface area (Å²) in [6.07, 6.45) is 2.49. The summed E-state index contributed by atoms with van der Waals surface area (Å²) in [5, 5.41) is 8.39. The number of hydrogen-bond acceptors (Lipinski definition) is 4. The molecule has 1 heterocycles. The largest absolute Gasteiger partial charge is 0.501 e. The fourth-order valence-electron chi connectivity index (χ4n) is 1.90. The summed E-state index contributed by atoms with van der Waals surface area (Å²) in [4.78, 5) is 24.1. The number of ether oxygens (including phenoxy) is 1. The van der Waals surface area contributed by atoms with Gasteiger partial charge in [0.2, 0.25) is 0 Å². The van der Waals surface area contributed by atoms with Crippen molar-refractivity contribution >= 4 is 46.5 Å². The Bertz CT molecular complexity index is 668. The van der Waals surface area contributed by atoms with Gasteiger partial charge in [0.15, 0.2) is 0 Å². The molecule has 1 aliphatic heterocycles. The number of nitrogens with zero attached hydrogens (tertiary/aromatic N) is 2. The number of hydrazone groups is 1. The van der Waals surface area contributed by atoms with E-state index in [4.69, 9.17) is 27.9 Å². The third kappa shape index (κ3) is 3.83. The Morgan fingerprint density at radius 2 is 2.09 bits per heavy atom. The van der Waals surface area contributed by atoms with E-state index in [1.165, 1.54) is 12.3 Å². The lowest BCUT2D eigenvalue weighted by Crippen LogP contribution is -2.34. The molecule has 2 amide bonds. The van der Waals surface area contributed by atoms with Gasteiger partial charge in [-0.15, -0.1) is 0 Å². The molecule has 0 bridgehead atoms. The number of benzene rings is 1. The van der Waals surface area contributed by atoms with E-state index in [-0.39, 0.29) is 11.7 Å². The molecule has 1 atom stereocenters. The smallest absolute Gasteiger partial charge is 0.258 e. The van der Waals surface area contributed by atoms with Gasteiger partial charge in [-0.25, -0.2) is 0 Å². The van der Waals surface area contributed by atoms with Crippen molar-refractivity contribution in [2.24, 2.45) is 11.0 Å². The Balaban J connectivity index is 2.22. The minimum atomic E-state index is -0.619. The summed E-state index contributed by atoms with van der Waals surface area (Å²) in [6, 6.07) is 4.89. The van der Waals surface area contributed by atoms with Crippen molar-refractivity contribution in [1.29, 1.82) is 0 Å². The predicted octanol–water partition coefficient (Wildman–Crippen LogP) is 2.96. The van der Waals surface area contributed by atoms with Crippen LogP contribution in [0.1, 0.15) is 13.8 Å². The number of hydrogen-bond donors (Lipinski definition) is 1. The normalized spacial score (nSPS) is 17.6. The van der Waals surface area contributed by atoms with Gasteiger partial charge in [-0.1, -0.05) is 29.3 Å². The average molecular weight is 356 g/mol. The molecule has 2 rings (SSSR count). The fourth-order valence-corrected chi connectivity index (χ4v) is 2.46. The number of carbonyl (C=O) groups is 2. The van der Waals surface area contributed by atoms with Crippen LogP contribution in [0.15, 0.2) is 35.6 Å². The van der Waals surface area contributed by atoms with Crippen molar-refractivity contribution in [2.45, 2.75) is 13.8 Å². The first kappa shape index (κ1) is 17.3. The number of halogens is 2. The molecular formula is C15H15Cl2N3O3. The van der Waals surface area contributed by atoms with Crippen LogP contribution in [-0.4, -0.2) is 24.3 Å². The molecular weight excluding hydrogens is 341 g/mol. The van der Waals surface area contributed by atoms with Gasteiger partial charge >= 0.3 is 0 Å². The summed E-state index contributed by atoms with van der Waals surface area (Å²) in [5.74, 6) is -1.17. The lowest BCUT2D eigenvalue weighted by Gasteiger charge is -2.15. The molecule has 0 saturated carbocycles. The molecule has 0 saturated heterocycles. The van der Waals surface area contributed by atoms with E-state index in [1.807, 2.05) is 0 Å². The first-order valence-corrected chi connectivity index (χ1v) is 7.67. The van der Waals surface area contributed by atoms with Gasteiger partial charge in [0.1, 0.15) is 11.5 Å². The number of anilines is 1. The maximum Gasteiger partial charge on any atom is 0.258 e. The Morgan fingerprint density at radius 1 is 1.43 bits per heavy atom. The summed E-state index contributed by atoms with van der Waals surface area (Å²) >= 11 is 12.2. The molecule has 1 unspecified atom stereocenters. The first-order chi connectivity index (χ1) is 11.0. The van der Waals surface area contributed by atoms with Crippen molar-refractivity contribution in [3.63, 3.8) is 0 Å². The first-order valence-electron chi connectivity index (χ1n) is 6.91. The highest BCUT2D eigenvalue weighted by Crippen LogP contribution is 2.36. The monoisotopic (exact) mass is 355 g/mol. The predicted molar refractivity (Wildman–Crippen MR) is 89.5 cm³/mol. The molecule has 1 aromatic rings. The molecule has 6 nitrogen and oxygen atoms in total. The van der Waals surface area contributed by atoms with Crippen molar-refractivity contribution in [1.82, 2.24) is 5.32 Å². The van der Waals surface area contributed by atoms with Gasteiger partial charge in [-0.05, 0) is 26.0 Å². The van der Waals surface area contributed by atoms with Gasteiger partial charge in [0, 0.05) is 6.08 Å². The summed E-state index contributed by atoms with van der Waals surface area (Å²) in [6.45, 7) is 3.89. The molecule has 0 radical (unpaired) electrons. The minimum Gasteiger partial charge on any atom is -0.501 e. The highest BCUT2D eigenvalue weighted by molar-refractivity contribution is 6.40. The number of para-hydroxylation sites is 1. The molecule has 1 aliphatic rings. The Hall–Kier alpha value is -2.05. The van der Waals surface area contributed by atoms with Gasteiger partial charge in [0.05, 0.1) is 28.8 Å². The Kier molecular flexibility index (Phi) is 5.63. The third-order valence-electron chi connectivity index (χ3n) is 3.08. The molecule has 1 N–H and O–H groups in total. The van der Waals surface area contributed by atoms with Crippen LogP contribution >= 0.6 is 23.2 Å². The van der Waals surface area contributed by atoms with Crippen LogP contribution in [-0.2, 0) is 14.3 Å². The highest BCUT2D eigenvalue weighted by atomic mass is 35.5. The van der Waals surface area contributed by atoms with Crippen LogP contribution in [0.25, 0.3) is 0 Å². The standard InChI is InChI=1S/C15H15Cl2N3O3/c1-3-23-8-7-12(21)18-14-9(2)15(22)20(19-14)13-10(16)5-4-6-11(13)17/h4-9H,3H2,1-2H3,(H,18,19,21)/b8-7+. The SMILES string of the molecule is CCO/C=C/C(=O)NC1=NN(c2c(Cl)cccc2Cl)C(=O)C1C. The van der Waals surface area contributed by atoms with E-state index in [2.05, 4.69) is 10.4 Å². The summed E-state index contributed by atoms with van der Waals surface area (Å²) < 4.78 is 4.94. The molecule has 23 heavy (non-hydrogen) atoms. The van der Waals surface area contributed by atoms with Crippen LogP contribution in [0, 0.1) is 5.92 Å². The molecule has 0 aliphatic carbocycles. The lowest BCUT2D eigenvalue weighted by molar-refractivity contribution is -0.119. The topological polar surface area (TPSA) is 71.0 Å². The molecule has 0 spiro atoms. The zero-order chi connectivity index (χ0) is 17.0. The van der Waals surface area contributed by atoms with Crippen LogP contribution in [0.3, 0.4) is 0 Å². The van der Waals surface area contributed by atoms with Gasteiger partial charge in [-0.3, -0.25) is 9.59 Å². The number of rotatable bonds is 4. The maximum absolute atomic E-state index is 12.4. The fraction of sp³-hybridized carbons (Fsp3) is 0.267. The second-order valence-corrected chi connectivity index (χ2v) is 5.49. The number of carbonyl (C=O) groups excluding carboxylic acids is 2. The molecule has 1 aromatic carbocycles. The quantitative estimate of drug-likeness (QED) is 0.666. The number of amides is 2. The maximum atomic E-state index is 12.4. The van der Waals surface area contributed by atoms with E-state index in [0.717, 1.165) is 5.01 Å². The second kappa shape index (κ2) is 7.48. The van der Waals surface area contributed by atoms with Crippen molar-refractivity contribution in [3.8, 4) is 0 Å². The molecule has 0 aromatic heterocycles. The number of nitrogens with one attached hydrogen (secondary N) is 1. The third-order valence-corrected chi connectivity index (χ3v) is 3.69. The van der Waals surface area contributed by atoms with E-state index < -0.39 is 11.8 Å². The second-order valence-electron chi connectivity index (χ2n) is 4.67. The van der Waals surface area contributed by atoms with E-state index >= 15 is 0 Å². The molecule has 122 valence electrons. The van der Waals surface area contributed by atoms with Crippen molar-refractivity contribution in [3.05, 3.63) is 40.6 Å². The van der Waals surface area contributed by atoms with Crippen LogP contribution in [0.4, 0.5) is 5.69 Å². The Labute approximate surface area is 143 Å². The van der Waals surface area contributed by atoms with Crippen LogP contribution in [0.2, 0.25) is 10.0 Å². The van der Waals surface area contributed by atoms with E-state index in [0.29, 0.717) is 22.3 Å². The lowest BCUT2D eigenvalue weighted by atomic mass is 10.1. The van der Waals surface area contributed by atoms with Crippen molar-refractivity contribution in [2.75, 3.05) is 11.6 Å². The zero-order valence-corrected chi connectivity index (χ0v) is 14.1. The Morgan fingerprint density at radius 3 is 2.70 bits per heavy atom. The minimum absolute atomic E-state index is 0.220. The van der Waals surface area contributed by atoms with Crippen LogP contribution in [0.5, 0.6) is 0 Å². The molecule has 0 fully saturated rings. The van der Waals surface area contributed by atoms with E-state index in [9.17, 15) is 9.59 Å². The zero-order valence-electron chi connectivity index (χ0n) is 12.5.